The van der Waals surface area contributed by atoms with E-state index in [-0.39, 0.29) is 5.71 Å². The van der Waals surface area contributed by atoms with Gasteiger partial charge in [-0.05, 0) is 36.8 Å². The number of alkyl halides is 3. The van der Waals surface area contributed by atoms with Crippen LogP contribution in [0.4, 0.5) is 13.2 Å². The Labute approximate surface area is 134 Å². The molecule has 0 atom stereocenters. The summed E-state index contributed by atoms with van der Waals surface area (Å²) in [5, 5.41) is 4.64. The highest BCUT2D eigenvalue weighted by molar-refractivity contribution is 7.87. The Morgan fingerprint density at radius 3 is 2.46 bits per heavy atom. The summed E-state index contributed by atoms with van der Waals surface area (Å²) in [6.45, 7) is 1.34. The lowest BCUT2D eigenvalue weighted by molar-refractivity contribution is -0.0540. The number of hydrogen-bond donors (Lipinski definition) is 0. The highest BCUT2D eigenvalue weighted by Crippen LogP contribution is 2.29. The average molecular weight is 357 g/mol. The van der Waals surface area contributed by atoms with Crippen LogP contribution >= 0.6 is 0 Å². The molecule has 0 radical (unpaired) electrons. The van der Waals surface area contributed by atoms with Gasteiger partial charge < -0.3 is 4.42 Å². The van der Waals surface area contributed by atoms with E-state index in [1.165, 1.54) is 6.92 Å². The number of para-hydroxylation sites is 1. The maximum Gasteiger partial charge on any atom is 0.536 e. The number of furan rings is 1. The molecule has 0 unspecified atom stereocenters. The zero-order valence-corrected chi connectivity index (χ0v) is 13.0. The van der Waals surface area contributed by atoms with Gasteiger partial charge in [0.2, 0.25) is 0 Å². The fourth-order valence-corrected chi connectivity index (χ4v) is 2.45. The van der Waals surface area contributed by atoms with Crippen LogP contribution < -0.4 is 0 Å². The van der Waals surface area contributed by atoms with Gasteiger partial charge in [-0.3, -0.25) is 4.28 Å². The van der Waals surface area contributed by atoms with Crippen molar-refractivity contribution < 1.29 is 30.3 Å². The molecule has 5 nitrogen and oxygen atoms in total. The summed E-state index contributed by atoms with van der Waals surface area (Å²) in [6.07, 6.45) is 0. The number of hydrogen-bond acceptors (Lipinski definition) is 5. The minimum absolute atomic E-state index is 0.0185. The zero-order valence-electron chi connectivity index (χ0n) is 12.2. The molecule has 3 rings (SSSR count). The van der Waals surface area contributed by atoms with Crippen molar-refractivity contribution in [1.29, 1.82) is 0 Å². The Hall–Kier alpha value is -2.55. The summed E-state index contributed by atoms with van der Waals surface area (Å²) in [7, 11) is -5.77. The molecule has 24 heavy (non-hydrogen) atoms. The van der Waals surface area contributed by atoms with Gasteiger partial charge in [0.1, 0.15) is 11.2 Å². The van der Waals surface area contributed by atoms with Gasteiger partial charge in [0.05, 0.1) is 5.71 Å². The first-order valence-electron chi connectivity index (χ1n) is 6.65. The maximum atomic E-state index is 12.2. The molecule has 0 fully saturated rings. The zero-order chi connectivity index (χ0) is 17.5. The molecular formula is C15H10F3NO4S. The molecular weight excluding hydrogens is 347 g/mol. The van der Waals surface area contributed by atoms with Crippen molar-refractivity contribution in [2.24, 2.45) is 5.16 Å². The van der Waals surface area contributed by atoms with Crippen molar-refractivity contribution in [1.82, 2.24) is 0 Å². The van der Waals surface area contributed by atoms with E-state index in [1.807, 2.05) is 18.2 Å². The van der Waals surface area contributed by atoms with Crippen LogP contribution in [0.25, 0.3) is 21.9 Å². The topological polar surface area (TPSA) is 68.9 Å². The van der Waals surface area contributed by atoms with Crippen LogP contribution in [-0.2, 0) is 14.4 Å². The Kier molecular flexibility index (Phi) is 3.75. The third-order valence-electron chi connectivity index (χ3n) is 3.35. The molecule has 0 aliphatic rings. The monoisotopic (exact) mass is 357 g/mol. The summed E-state index contributed by atoms with van der Waals surface area (Å²) in [6, 6.07) is 12.1. The highest BCUT2D eigenvalue weighted by Gasteiger charge is 2.49. The van der Waals surface area contributed by atoms with Crippen molar-refractivity contribution in [3.63, 3.8) is 0 Å². The van der Waals surface area contributed by atoms with Crippen LogP contribution in [0.3, 0.4) is 0 Å². The molecule has 1 aromatic heterocycles. The predicted octanol–water partition coefficient (Wildman–Crippen LogP) is 4.18. The number of fused-ring (bicyclic) bond motifs is 3. The van der Waals surface area contributed by atoms with Crippen LogP contribution in [0.5, 0.6) is 0 Å². The molecule has 0 amide bonds. The van der Waals surface area contributed by atoms with E-state index in [2.05, 4.69) is 9.44 Å². The van der Waals surface area contributed by atoms with Gasteiger partial charge >= 0.3 is 15.6 Å². The first kappa shape index (κ1) is 16.3. The fraction of sp³-hybridized carbons (Fsp3) is 0.133. The Morgan fingerprint density at radius 1 is 1.08 bits per heavy atom. The molecule has 0 saturated carbocycles. The Morgan fingerprint density at radius 2 is 1.75 bits per heavy atom. The lowest BCUT2D eigenvalue weighted by Gasteiger charge is -2.05. The van der Waals surface area contributed by atoms with Gasteiger partial charge in [0.15, 0.2) is 0 Å². The van der Waals surface area contributed by atoms with Crippen molar-refractivity contribution >= 4 is 37.8 Å². The van der Waals surface area contributed by atoms with Gasteiger partial charge in [-0.25, -0.2) is 0 Å². The molecule has 3 aromatic rings. The number of rotatable bonds is 3. The molecule has 9 heteroatoms. The Balaban J connectivity index is 2.00. The minimum Gasteiger partial charge on any atom is -0.456 e. The summed E-state index contributed by atoms with van der Waals surface area (Å²) in [5.74, 6) is 0. The van der Waals surface area contributed by atoms with Gasteiger partial charge in [-0.1, -0.05) is 23.4 Å². The number of nitrogens with zero attached hydrogens (tertiary/aromatic N) is 1. The molecule has 0 aliphatic carbocycles. The van der Waals surface area contributed by atoms with Crippen LogP contribution in [0, 0.1) is 0 Å². The SMILES string of the molecule is C/C(=N/OS(=O)(=O)C(F)(F)F)c1ccc2oc3ccccc3c2c1. The van der Waals surface area contributed by atoms with E-state index in [1.54, 1.807) is 24.3 Å². The van der Waals surface area contributed by atoms with Crippen LogP contribution in [0.2, 0.25) is 0 Å². The largest absolute Gasteiger partial charge is 0.536 e. The molecule has 126 valence electrons. The van der Waals surface area contributed by atoms with Gasteiger partial charge in [0.25, 0.3) is 0 Å². The Bertz CT molecular complexity index is 1050. The molecule has 2 aromatic carbocycles. The molecule has 0 bridgehead atoms. The molecule has 0 aliphatic heterocycles. The lowest BCUT2D eigenvalue weighted by atomic mass is 10.1. The lowest BCUT2D eigenvalue weighted by Crippen LogP contribution is -2.24. The van der Waals surface area contributed by atoms with Crippen molar-refractivity contribution in [3.8, 4) is 0 Å². The van der Waals surface area contributed by atoms with E-state index in [0.29, 0.717) is 16.7 Å². The standard InChI is InChI=1S/C15H10F3NO4S/c1-9(19-23-24(20,21)15(16,17)18)10-6-7-14-12(8-10)11-4-2-3-5-13(11)22-14/h2-8H,1H3/b19-9-. The normalized spacial score (nSPS) is 13.6. The van der Waals surface area contributed by atoms with Gasteiger partial charge in [-0.15, -0.1) is 0 Å². The van der Waals surface area contributed by atoms with Crippen LogP contribution in [0.15, 0.2) is 52.0 Å². The maximum absolute atomic E-state index is 12.2. The summed E-state index contributed by atoms with van der Waals surface area (Å²) in [5.41, 5.74) is -3.88. The number of halogens is 3. The fourth-order valence-electron chi connectivity index (χ4n) is 2.15. The van der Waals surface area contributed by atoms with E-state index < -0.39 is 15.6 Å². The van der Waals surface area contributed by atoms with E-state index in [0.717, 1.165) is 10.8 Å². The number of oxime groups is 1. The quantitative estimate of drug-likeness (QED) is 0.401. The van der Waals surface area contributed by atoms with Crippen molar-refractivity contribution in [2.75, 3.05) is 0 Å². The third-order valence-corrected chi connectivity index (χ3v) is 4.19. The van der Waals surface area contributed by atoms with Crippen molar-refractivity contribution in [2.45, 2.75) is 12.4 Å². The summed E-state index contributed by atoms with van der Waals surface area (Å²) < 4.78 is 67.8. The smallest absolute Gasteiger partial charge is 0.456 e. The molecule has 1 heterocycles. The summed E-state index contributed by atoms with van der Waals surface area (Å²) in [4.78, 5) is 0. The average Bonchev–Trinajstić information content (AvgIpc) is 2.89. The van der Waals surface area contributed by atoms with Crippen LogP contribution in [0.1, 0.15) is 12.5 Å². The molecule has 0 saturated heterocycles. The van der Waals surface area contributed by atoms with Gasteiger partial charge in [0, 0.05) is 10.8 Å². The number of benzene rings is 2. The van der Waals surface area contributed by atoms with E-state index in [4.69, 9.17) is 4.42 Å². The first-order valence-corrected chi connectivity index (χ1v) is 8.06. The second kappa shape index (κ2) is 5.52. The van der Waals surface area contributed by atoms with Crippen molar-refractivity contribution in [3.05, 3.63) is 48.0 Å². The summed E-state index contributed by atoms with van der Waals surface area (Å²) >= 11 is 0. The van der Waals surface area contributed by atoms with Gasteiger partial charge in [-0.2, -0.15) is 21.6 Å². The third kappa shape index (κ3) is 2.82. The van der Waals surface area contributed by atoms with E-state index in [9.17, 15) is 21.6 Å². The predicted molar refractivity (Wildman–Crippen MR) is 82.0 cm³/mol. The van der Waals surface area contributed by atoms with Crippen LogP contribution in [-0.4, -0.2) is 19.6 Å². The second-order valence-corrected chi connectivity index (χ2v) is 6.48. The molecule has 0 N–H and O–H groups in total. The van der Waals surface area contributed by atoms with E-state index >= 15 is 0 Å². The first-order chi connectivity index (χ1) is 11.2. The molecule has 0 spiro atoms. The minimum atomic E-state index is -5.77. The highest BCUT2D eigenvalue weighted by atomic mass is 32.2. The second-order valence-electron chi connectivity index (χ2n) is 4.96.